The van der Waals surface area contributed by atoms with E-state index in [0.29, 0.717) is 0 Å². The van der Waals surface area contributed by atoms with Crippen LogP contribution >= 0.6 is 0 Å². The summed E-state index contributed by atoms with van der Waals surface area (Å²) in [5, 5.41) is 0. The quantitative estimate of drug-likeness (QED) is 0.584. The summed E-state index contributed by atoms with van der Waals surface area (Å²) in [4.78, 5) is 0. The van der Waals surface area contributed by atoms with Crippen LogP contribution < -0.4 is 5.73 Å². The molecule has 1 fully saturated rings. The van der Waals surface area contributed by atoms with Crippen LogP contribution in [-0.2, 0) is 0 Å². The van der Waals surface area contributed by atoms with Crippen molar-refractivity contribution in [3.05, 3.63) is 23.4 Å². The van der Waals surface area contributed by atoms with E-state index in [0.717, 1.165) is 24.5 Å². The summed E-state index contributed by atoms with van der Waals surface area (Å²) in [6.07, 6.45) is 9.50. The minimum atomic E-state index is 0.874. The number of nitrogens with two attached hydrogens (primary N) is 1. The first kappa shape index (κ1) is 6.02. The molecule has 0 aliphatic heterocycles. The Bertz CT molecular complexity index is 197. The highest BCUT2D eigenvalue weighted by Crippen LogP contribution is 2.38. The molecule has 0 unspecified atom stereocenters. The van der Waals surface area contributed by atoms with E-state index in [1.165, 1.54) is 18.4 Å². The minimum absolute atomic E-state index is 0.874. The van der Waals surface area contributed by atoms with Crippen molar-refractivity contribution >= 4 is 0 Å². The molecule has 0 aromatic carbocycles. The predicted octanol–water partition coefficient (Wildman–Crippen LogP) is 1.96. The van der Waals surface area contributed by atoms with Crippen molar-refractivity contribution in [2.24, 2.45) is 11.7 Å². The number of rotatable bonds is 1. The SMILES string of the molecule is NC1=CC(C2CC2)=CCC1. The highest BCUT2D eigenvalue weighted by Gasteiger charge is 2.25. The predicted molar refractivity (Wildman–Crippen MR) is 42.3 cm³/mol. The topological polar surface area (TPSA) is 26.0 Å². The van der Waals surface area contributed by atoms with Crippen molar-refractivity contribution in [3.8, 4) is 0 Å². The lowest BCUT2D eigenvalue weighted by Crippen LogP contribution is -2.01. The van der Waals surface area contributed by atoms with Gasteiger partial charge in [-0.2, -0.15) is 0 Å². The van der Waals surface area contributed by atoms with Crippen molar-refractivity contribution in [2.45, 2.75) is 25.7 Å². The van der Waals surface area contributed by atoms with Gasteiger partial charge in [-0.3, -0.25) is 0 Å². The molecule has 2 N–H and O–H groups in total. The van der Waals surface area contributed by atoms with Crippen LogP contribution in [0.15, 0.2) is 23.4 Å². The van der Waals surface area contributed by atoms with E-state index < -0.39 is 0 Å². The minimum Gasteiger partial charge on any atom is -0.402 e. The van der Waals surface area contributed by atoms with Gasteiger partial charge in [0.15, 0.2) is 0 Å². The van der Waals surface area contributed by atoms with Gasteiger partial charge in [-0.1, -0.05) is 6.08 Å². The second-order valence-electron chi connectivity index (χ2n) is 3.24. The van der Waals surface area contributed by atoms with Crippen LogP contribution in [-0.4, -0.2) is 0 Å². The molecular formula is C9H13N. The van der Waals surface area contributed by atoms with Crippen molar-refractivity contribution < 1.29 is 0 Å². The monoisotopic (exact) mass is 135 g/mol. The number of hydrogen-bond acceptors (Lipinski definition) is 1. The molecule has 10 heavy (non-hydrogen) atoms. The Morgan fingerprint density at radius 2 is 2.20 bits per heavy atom. The summed E-state index contributed by atoms with van der Waals surface area (Å²) >= 11 is 0. The summed E-state index contributed by atoms with van der Waals surface area (Å²) < 4.78 is 0. The van der Waals surface area contributed by atoms with E-state index in [1.54, 1.807) is 0 Å². The van der Waals surface area contributed by atoms with Crippen molar-refractivity contribution in [3.63, 3.8) is 0 Å². The standard InChI is InChI=1S/C9H13N/c10-9-3-1-2-8(6-9)7-4-5-7/h2,6-7H,1,3-5,10H2. The van der Waals surface area contributed by atoms with Gasteiger partial charge in [-0.25, -0.2) is 0 Å². The Hall–Kier alpha value is -0.720. The summed E-state index contributed by atoms with van der Waals surface area (Å²) in [6.45, 7) is 0. The molecule has 0 atom stereocenters. The van der Waals surface area contributed by atoms with Crippen molar-refractivity contribution in [1.82, 2.24) is 0 Å². The molecular weight excluding hydrogens is 122 g/mol. The zero-order valence-corrected chi connectivity index (χ0v) is 6.14. The molecule has 0 spiro atoms. The van der Waals surface area contributed by atoms with E-state index in [4.69, 9.17) is 5.73 Å². The maximum absolute atomic E-state index is 5.71. The van der Waals surface area contributed by atoms with Gasteiger partial charge in [0.1, 0.15) is 0 Å². The van der Waals surface area contributed by atoms with Gasteiger partial charge in [0.25, 0.3) is 0 Å². The lowest BCUT2D eigenvalue weighted by molar-refractivity contribution is 0.891. The zero-order chi connectivity index (χ0) is 6.97. The van der Waals surface area contributed by atoms with Gasteiger partial charge in [-0.05, 0) is 43.3 Å². The van der Waals surface area contributed by atoms with E-state index in [1.807, 2.05) is 0 Å². The lowest BCUT2D eigenvalue weighted by atomic mass is 10.0. The fourth-order valence-electron chi connectivity index (χ4n) is 1.45. The molecule has 1 nitrogen and oxygen atoms in total. The molecule has 0 radical (unpaired) electrons. The molecule has 1 saturated carbocycles. The van der Waals surface area contributed by atoms with E-state index >= 15 is 0 Å². The third kappa shape index (κ3) is 1.08. The largest absolute Gasteiger partial charge is 0.402 e. The molecule has 2 rings (SSSR count). The summed E-state index contributed by atoms with van der Waals surface area (Å²) in [5.41, 5.74) is 8.29. The lowest BCUT2D eigenvalue weighted by Gasteiger charge is -2.08. The fourth-order valence-corrected chi connectivity index (χ4v) is 1.45. The molecule has 0 saturated heterocycles. The highest BCUT2D eigenvalue weighted by atomic mass is 14.6. The Balaban J connectivity index is 2.12. The second-order valence-corrected chi connectivity index (χ2v) is 3.24. The smallest absolute Gasteiger partial charge is 0.00863 e. The normalized spacial score (nSPS) is 25.6. The molecule has 2 aliphatic carbocycles. The van der Waals surface area contributed by atoms with Gasteiger partial charge in [0.05, 0.1) is 0 Å². The Morgan fingerprint density at radius 1 is 1.40 bits per heavy atom. The molecule has 0 bridgehead atoms. The highest BCUT2D eigenvalue weighted by molar-refractivity contribution is 5.31. The first-order chi connectivity index (χ1) is 4.86. The Labute approximate surface area is 61.6 Å². The molecule has 0 aromatic rings. The van der Waals surface area contributed by atoms with E-state index in [9.17, 15) is 0 Å². The van der Waals surface area contributed by atoms with Gasteiger partial charge in [0, 0.05) is 5.70 Å². The van der Waals surface area contributed by atoms with E-state index in [2.05, 4.69) is 12.2 Å². The third-order valence-electron chi connectivity index (χ3n) is 2.21. The Kier molecular flexibility index (Phi) is 1.30. The van der Waals surface area contributed by atoms with Gasteiger partial charge in [-0.15, -0.1) is 0 Å². The van der Waals surface area contributed by atoms with Crippen LogP contribution in [0.3, 0.4) is 0 Å². The molecule has 0 aromatic heterocycles. The summed E-state index contributed by atoms with van der Waals surface area (Å²) in [6, 6.07) is 0. The van der Waals surface area contributed by atoms with Crippen LogP contribution in [0, 0.1) is 5.92 Å². The first-order valence-corrected chi connectivity index (χ1v) is 4.02. The summed E-state index contributed by atoms with van der Waals surface area (Å²) in [7, 11) is 0. The van der Waals surface area contributed by atoms with Crippen LogP contribution in [0.1, 0.15) is 25.7 Å². The van der Waals surface area contributed by atoms with Crippen LogP contribution in [0.25, 0.3) is 0 Å². The summed E-state index contributed by atoms with van der Waals surface area (Å²) in [5.74, 6) is 0.874. The molecule has 0 amide bonds. The van der Waals surface area contributed by atoms with Crippen LogP contribution in [0.4, 0.5) is 0 Å². The average molecular weight is 135 g/mol. The average Bonchev–Trinajstić information content (AvgIpc) is 2.68. The first-order valence-electron chi connectivity index (χ1n) is 4.02. The molecule has 54 valence electrons. The van der Waals surface area contributed by atoms with Crippen LogP contribution in [0.2, 0.25) is 0 Å². The molecule has 1 heteroatoms. The van der Waals surface area contributed by atoms with Gasteiger partial charge >= 0.3 is 0 Å². The maximum atomic E-state index is 5.71. The van der Waals surface area contributed by atoms with Crippen LogP contribution in [0.5, 0.6) is 0 Å². The van der Waals surface area contributed by atoms with Crippen molar-refractivity contribution in [2.75, 3.05) is 0 Å². The second kappa shape index (κ2) is 2.15. The number of allylic oxidation sites excluding steroid dienone is 4. The molecule has 2 aliphatic rings. The number of hydrogen-bond donors (Lipinski definition) is 1. The molecule has 0 heterocycles. The Morgan fingerprint density at radius 3 is 2.80 bits per heavy atom. The van der Waals surface area contributed by atoms with Gasteiger partial charge < -0.3 is 5.73 Å². The maximum Gasteiger partial charge on any atom is 0.00863 e. The fraction of sp³-hybridized carbons (Fsp3) is 0.556. The van der Waals surface area contributed by atoms with Crippen molar-refractivity contribution in [1.29, 1.82) is 0 Å². The third-order valence-corrected chi connectivity index (χ3v) is 2.21. The van der Waals surface area contributed by atoms with E-state index in [-0.39, 0.29) is 0 Å². The van der Waals surface area contributed by atoms with Gasteiger partial charge in [0.2, 0.25) is 0 Å². The zero-order valence-electron chi connectivity index (χ0n) is 6.14.